The van der Waals surface area contributed by atoms with Crippen molar-refractivity contribution in [1.82, 2.24) is 10.2 Å². The van der Waals surface area contributed by atoms with Crippen LogP contribution in [0.15, 0.2) is 0 Å². The molecule has 1 saturated carbocycles. The number of rotatable bonds is 3. The molecule has 2 atom stereocenters. The Balaban J connectivity index is 1.94. The van der Waals surface area contributed by atoms with Crippen LogP contribution in [0.3, 0.4) is 0 Å². The van der Waals surface area contributed by atoms with Gasteiger partial charge in [-0.25, -0.2) is 0 Å². The van der Waals surface area contributed by atoms with Gasteiger partial charge < -0.3 is 5.32 Å². The molecule has 0 aromatic carbocycles. The summed E-state index contributed by atoms with van der Waals surface area (Å²) >= 11 is 0. The van der Waals surface area contributed by atoms with Crippen molar-refractivity contribution in [3.05, 3.63) is 0 Å². The van der Waals surface area contributed by atoms with Gasteiger partial charge in [0.25, 0.3) is 0 Å². The second kappa shape index (κ2) is 7.08. The molecular formula is C17H34N2. The summed E-state index contributed by atoms with van der Waals surface area (Å²) in [4.78, 5) is 2.81. The van der Waals surface area contributed by atoms with E-state index >= 15 is 0 Å². The predicted octanol–water partition coefficient (Wildman–Crippen LogP) is 3.81. The first-order chi connectivity index (χ1) is 9.18. The van der Waals surface area contributed by atoms with Gasteiger partial charge in [-0.2, -0.15) is 0 Å². The third kappa shape index (κ3) is 3.95. The fourth-order valence-corrected chi connectivity index (χ4v) is 3.99. The molecular weight excluding hydrogens is 232 g/mol. The molecule has 112 valence electrons. The van der Waals surface area contributed by atoms with E-state index < -0.39 is 0 Å². The number of nitrogens with zero attached hydrogens (tertiary/aromatic N) is 1. The number of nitrogens with one attached hydrogen (secondary N) is 1. The summed E-state index contributed by atoms with van der Waals surface area (Å²) in [7, 11) is 2.17. The maximum Gasteiger partial charge on any atom is 0.0249 e. The lowest BCUT2D eigenvalue weighted by Crippen LogP contribution is -2.53. The van der Waals surface area contributed by atoms with Crippen molar-refractivity contribution in [2.75, 3.05) is 20.1 Å². The second-order valence-corrected chi connectivity index (χ2v) is 7.15. The smallest absolute Gasteiger partial charge is 0.0249 e. The van der Waals surface area contributed by atoms with Crippen LogP contribution in [-0.4, -0.2) is 37.1 Å². The number of likely N-dealkylation sites (tertiary alicyclic amines) is 1. The average Bonchev–Trinajstić information content (AvgIpc) is 2.41. The quantitative estimate of drug-likeness (QED) is 0.835. The molecule has 0 amide bonds. The Hall–Kier alpha value is -0.0800. The molecule has 19 heavy (non-hydrogen) atoms. The highest BCUT2D eigenvalue weighted by atomic mass is 15.2. The minimum Gasteiger partial charge on any atom is -0.315 e. The van der Waals surface area contributed by atoms with Crippen molar-refractivity contribution in [3.8, 4) is 0 Å². The van der Waals surface area contributed by atoms with Crippen LogP contribution in [0.25, 0.3) is 0 Å². The standard InChI is InChI=1S/C17H34N2/c1-4-17(2)11-13-19(14-12-17)16-10-8-6-5-7-9-15(16)18-3/h15-16,18H,4-14H2,1-3H3. The molecule has 2 aliphatic rings. The number of likely N-dealkylation sites (N-methyl/N-ethyl adjacent to an activating group) is 1. The van der Waals surface area contributed by atoms with E-state index in [4.69, 9.17) is 0 Å². The highest BCUT2D eigenvalue weighted by molar-refractivity contribution is 4.90. The zero-order valence-corrected chi connectivity index (χ0v) is 13.4. The first-order valence-electron chi connectivity index (χ1n) is 8.60. The van der Waals surface area contributed by atoms with E-state index in [2.05, 4.69) is 31.1 Å². The lowest BCUT2D eigenvalue weighted by molar-refractivity contribution is 0.0567. The first kappa shape index (κ1) is 15.3. The molecule has 0 aromatic heterocycles. The van der Waals surface area contributed by atoms with Crippen LogP contribution in [0.4, 0.5) is 0 Å². The maximum absolute atomic E-state index is 3.61. The zero-order valence-electron chi connectivity index (χ0n) is 13.4. The summed E-state index contributed by atoms with van der Waals surface area (Å²) in [5, 5.41) is 3.61. The van der Waals surface area contributed by atoms with E-state index in [1.165, 1.54) is 70.9 Å². The molecule has 2 fully saturated rings. The van der Waals surface area contributed by atoms with Crippen molar-refractivity contribution in [2.24, 2.45) is 5.41 Å². The fourth-order valence-electron chi connectivity index (χ4n) is 3.99. The van der Waals surface area contributed by atoms with E-state index in [1.54, 1.807) is 0 Å². The number of hydrogen-bond acceptors (Lipinski definition) is 2. The van der Waals surface area contributed by atoms with Crippen molar-refractivity contribution in [2.45, 2.75) is 83.7 Å². The molecule has 0 radical (unpaired) electrons. The molecule has 0 bridgehead atoms. The summed E-state index contributed by atoms with van der Waals surface area (Å²) in [5.74, 6) is 0. The highest BCUT2D eigenvalue weighted by Gasteiger charge is 2.34. The topological polar surface area (TPSA) is 15.3 Å². The summed E-state index contributed by atoms with van der Waals surface area (Å²) in [6, 6.07) is 1.53. The molecule has 1 N–H and O–H groups in total. The third-order valence-corrected chi connectivity index (χ3v) is 5.93. The average molecular weight is 266 g/mol. The van der Waals surface area contributed by atoms with Crippen molar-refractivity contribution in [3.63, 3.8) is 0 Å². The van der Waals surface area contributed by atoms with Gasteiger partial charge in [0.1, 0.15) is 0 Å². The minimum absolute atomic E-state index is 0.618. The molecule has 2 unspecified atom stereocenters. The molecule has 0 spiro atoms. The molecule has 2 nitrogen and oxygen atoms in total. The van der Waals surface area contributed by atoms with E-state index in [9.17, 15) is 0 Å². The van der Waals surface area contributed by atoms with Gasteiger partial charge in [-0.05, 0) is 51.2 Å². The highest BCUT2D eigenvalue weighted by Crippen LogP contribution is 2.36. The van der Waals surface area contributed by atoms with Crippen molar-refractivity contribution < 1.29 is 0 Å². The molecule has 1 aliphatic carbocycles. The molecule has 1 aliphatic heterocycles. The molecule has 1 saturated heterocycles. The third-order valence-electron chi connectivity index (χ3n) is 5.93. The minimum atomic E-state index is 0.618. The Morgan fingerprint density at radius 2 is 1.68 bits per heavy atom. The van der Waals surface area contributed by atoms with Crippen LogP contribution in [0.1, 0.15) is 71.6 Å². The van der Waals surface area contributed by atoms with Gasteiger partial charge in [0, 0.05) is 12.1 Å². The summed E-state index contributed by atoms with van der Waals surface area (Å²) in [6.07, 6.45) is 12.7. The van der Waals surface area contributed by atoms with Crippen LogP contribution in [0.5, 0.6) is 0 Å². The molecule has 1 heterocycles. The Morgan fingerprint density at radius 3 is 2.26 bits per heavy atom. The first-order valence-corrected chi connectivity index (χ1v) is 8.60. The summed E-state index contributed by atoms with van der Waals surface area (Å²) < 4.78 is 0. The van der Waals surface area contributed by atoms with Gasteiger partial charge in [-0.15, -0.1) is 0 Å². The zero-order chi connectivity index (χ0) is 13.7. The van der Waals surface area contributed by atoms with E-state index in [0.29, 0.717) is 5.41 Å². The normalized spacial score (nSPS) is 33.6. The monoisotopic (exact) mass is 266 g/mol. The molecule has 2 heteroatoms. The van der Waals surface area contributed by atoms with Crippen LogP contribution in [-0.2, 0) is 0 Å². The maximum atomic E-state index is 3.61. The summed E-state index contributed by atoms with van der Waals surface area (Å²) in [5.41, 5.74) is 0.618. The van der Waals surface area contributed by atoms with Crippen LogP contribution in [0, 0.1) is 5.41 Å². The Bertz CT molecular complexity index is 256. The Morgan fingerprint density at radius 1 is 1.05 bits per heavy atom. The molecule has 2 rings (SSSR count). The fraction of sp³-hybridized carbons (Fsp3) is 1.00. The van der Waals surface area contributed by atoms with E-state index in [0.717, 1.165) is 12.1 Å². The molecule has 0 aromatic rings. The number of piperidine rings is 1. The Labute approximate surface area is 120 Å². The Kier molecular flexibility index (Phi) is 5.70. The van der Waals surface area contributed by atoms with Crippen molar-refractivity contribution in [1.29, 1.82) is 0 Å². The van der Waals surface area contributed by atoms with E-state index in [-0.39, 0.29) is 0 Å². The van der Waals surface area contributed by atoms with Gasteiger partial charge in [0.05, 0.1) is 0 Å². The largest absolute Gasteiger partial charge is 0.315 e. The van der Waals surface area contributed by atoms with Gasteiger partial charge in [-0.3, -0.25) is 4.90 Å². The lowest BCUT2D eigenvalue weighted by atomic mass is 9.77. The van der Waals surface area contributed by atoms with Crippen molar-refractivity contribution >= 4 is 0 Å². The van der Waals surface area contributed by atoms with Crippen LogP contribution >= 0.6 is 0 Å². The predicted molar refractivity (Wildman–Crippen MR) is 83.5 cm³/mol. The second-order valence-electron chi connectivity index (χ2n) is 7.15. The lowest BCUT2D eigenvalue weighted by Gasteiger charge is -2.45. The van der Waals surface area contributed by atoms with Crippen LogP contribution in [0.2, 0.25) is 0 Å². The van der Waals surface area contributed by atoms with Crippen LogP contribution < -0.4 is 5.32 Å². The number of hydrogen-bond donors (Lipinski definition) is 1. The SMILES string of the molecule is CCC1(C)CCN(C2CCCCCCC2NC)CC1. The van der Waals surface area contributed by atoms with Gasteiger partial charge in [-0.1, -0.05) is 46.0 Å². The van der Waals surface area contributed by atoms with Gasteiger partial charge in [0.15, 0.2) is 0 Å². The van der Waals surface area contributed by atoms with Gasteiger partial charge in [0.2, 0.25) is 0 Å². The van der Waals surface area contributed by atoms with E-state index in [1.807, 2.05) is 0 Å². The summed E-state index contributed by atoms with van der Waals surface area (Å²) in [6.45, 7) is 7.50. The van der Waals surface area contributed by atoms with Gasteiger partial charge >= 0.3 is 0 Å².